The number of nitrogens with one attached hydrogen (secondary N) is 2. The molecule has 31 heavy (non-hydrogen) atoms. The Kier molecular flexibility index (Phi) is 6.71. The zero-order chi connectivity index (χ0) is 22.8. The van der Waals surface area contributed by atoms with Crippen molar-refractivity contribution in [3.05, 3.63) is 47.7 Å². The number of hydrogen-bond donors (Lipinski definition) is 2. The Balaban J connectivity index is 1.98. The first-order valence-corrected chi connectivity index (χ1v) is 11.5. The lowest BCUT2D eigenvalue weighted by molar-refractivity contribution is 0.0955. The molecule has 2 heterocycles. The minimum Gasteiger partial charge on any atom is -0.469 e. The van der Waals surface area contributed by atoms with E-state index in [2.05, 4.69) is 28.9 Å². The number of benzene rings is 1. The van der Waals surface area contributed by atoms with Crippen molar-refractivity contribution in [2.45, 2.75) is 26.7 Å². The van der Waals surface area contributed by atoms with Gasteiger partial charge in [0, 0.05) is 40.5 Å². The summed E-state index contributed by atoms with van der Waals surface area (Å²) in [5.41, 5.74) is 1.87. The minimum absolute atomic E-state index is 0.284. The first-order chi connectivity index (χ1) is 14.6. The molecule has 2 N–H and O–H groups in total. The molecule has 10 heteroatoms. The summed E-state index contributed by atoms with van der Waals surface area (Å²) in [6.45, 7) is 4.58. The summed E-state index contributed by atoms with van der Waals surface area (Å²) in [5, 5.41) is 2.89. The van der Waals surface area contributed by atoms with E-state index in [9.17, 15) is 13.2 Å². The summed E-state index contributed by atoms with van der Waals surface area (Å²) in [6, 6.07) is 6.85. The summed E-state index contributed by atoms with van der Waals surface area (Å²) in [4.78, 5) is 17.7. The van der Waals surface area contributed by atoms with E-state index < -0.39 is 10.2 Å². The number of imidazole rings is 1. The van der Waals surface area contributed by atoms with Crippen LogP contribution in [0, 0.1) is 5.92 Å². The van der Waals surface area contributed by atoms with E-state index >= 15 is 0 Å². The van der Waals surface area contributed by atoms with Crippen molar-refractivity contribution < 1.29 is 17.6 Å². The number of anilines is 1. The van der Waals surface area contributed by atoms with Crippen molar-refractivity contribution in [2.24, 2.45) is 13.0 Å². The van der Waals surface area contributed by atoms with Crippen molar-refractivity contribution in [3.63, 3.8) is 0 Å². The Morgan fingerprint density at radius 2 is 2.03 bits per heavy atom. The molecule has 0 saturated heterocycles. The first-order valence-electron chi connectivity index (χ1n) is 10.1. The second kappa shape index (κ2) is 9.11. The van der Waals surface area contributed by atoms with Crippen LogP contribution in [0.5, 0.6) is 0 Å². The molecule has 3 rings (SSSR count). The summed E-state index contributed by atoms with van der Waals surface area (Å²) in [7, 11) is 1.02. The van der Waals surface area contributed by atoms with Crippen molar-refractivity contribution in [1.82, 2.24) is 19.2 Å². The highest BCUT2D eigenvalue weighted by Crippen LogP contribution is 2.26. The third-order valence-corrected chi connectivity index (χ3v) is 6.32. The first kappa shape index (κ1) is 22.8. The van der Waals surface area contributed by atoms with E-state index in [0.717, 1.165) is 22.3 Å². The molecular formula is C21H29N5O4S. The van der Waals surface area contributed by atoms with Crippen LogP contribution >= 0.6 is 0 Å². The predicted octanol–water partition coefficient (Wildman–Crippen LogP) is 2.56. The predicted molar refractivity (Wildman–Crippen MR) is 120 cm³/mol. The topological polar surface area (TPSA) is 109 Å². The standard InChI is InChI=1S/C21H29N5O4S/c1-14(2)11-19-23-18-13-15(24-31(28,29)25(3)4)12-17(20(18)26(19)5)21(27)22-9-8-16-7-6-10-30-16/h6-7,10,12-14,24H,8-9,11H2,1-5H3,(H,22,27). The van der Waals surface area contributed by atoms with Gasteiger partial charge in [0.15, 0.2) is 0 Å². The Morgan fingerprint density at radius 1 is 1.29 bits per heavy atom. The summed E-state index contributed by atoms with van der Waals surface area (Å²) in [6.07, 6.45) is 2.88. The van der Waals surface area contributed by atoms with Crippen molar-refractivity contribution in [2.75, 3.05) is 25.4 Å². The van der Waals surface area contributed by atoms with Crippen LogP contribution in [-0.4, -0.2) is 48.8 Å². The van der Waals surface area contributed by atoms with Crippen LogP contribution in [0.1, 0.15) is 35.8 Å². The molecule has 0 aliphatic carbocycles. The van der Waals surface area contributed by atoms with Gasteiger partial charge in [-0.25, -0.2) is 4.98 Å². The van der Waals surface area contributed by atoms with Gasteiger partial charge >= 0.3 is 10.2 Å². The molecule has 0 unspecified atom stereocenters. The zero-order valence-corrected chi connectivity index (χ0v) is 19.3. The molecule has 0 atom stereocenters. The molecule has 0 spiro atoms. The van der Waals surface area contributed by atoms with Crippen LogP contribution in [0.15, 0.2) is 34.9 Å². The van der Waals surface area contributed by atoms with E-state index in [1.165, 1.54) is 14.1 Å². The van der Waals surface area contributed by atoms with Gasteiger partial charge in [-0.2, -0.15) is 12.7 Å². The van der Waals surface area contributed by atoms with E-state index in [1.54, 1.807) is 24.5 Å². The van der Waals surface area contributed by atoms with E-state index in [4.69, 9.17) is 4.42 Å². The Labute approximate surface area is 182 Å². The molecule has 9 nitrogen and oxygen atoms in total. The fourth-order valence-electron chi connectivity index (χ4n) is 3.27. The third kappa shape index (κ3) is 5.26. The van der Waals surface area contributed by atoms with Gasteiger partial charge in [0.05, 0.1) is 28.5 Å². The summed E-state index contributed by atoms with van der Waals surface area (Å²) < 4.78 is 35.4. The smallest absolute Gasteiger partial charge is 0.301 e. The number of carbonyl (C=O) groups is 1. The van der Waals surface area contributed by atoms with Crippen molar-refractivity contribution in [1.29, 1.82) is 0 Å². The number of rotatable bonds is 9. The van der Waals surface area contributed by atoms with Crippen molar-refractivity contribution >= 4 is 32.8 Å². The Morgan fingerprint density at radius 3 is 2.65 bits per heavy atom. The van der Waals surface area contributed by atoms with Crippen LogP contribution in [0.3, 0.4) is 0 Å². The molecule has 0 aliphatic heterocycles. The lowest BCUT2D eigenvalue weighted by atomic mass is 10.1. The second-order valence-electron chi connectivity index (χ2n) is 8.05. The van der Waals surface area contributed by atoms with Crippen LogP contribution < -0.4 is 10.0 Å². The average molecular weight is 448 g/mol. The third-order valence-electron chi connectivity index (χ3n) is 4.86. The molecule has 168 valence electrons. The summed E-state index contributed by atoms with van der Waals surface area (Å²) in [5.74, 6) is 1.69. The molecule has 1 amide bonds. The molecule has 0 saturated carbocycles. The quantitative estimate of drug-likeness (QED) is 0.524. The number of carbonyl (C=O) groups excluding carboxylic acids is 1. The van der Waals surface area contributed by atoms with Gasteiger partial charge < -0.3 is 14.3 Å². The molecule has 0 radical (unpaired) electrons. The highest BCUT2D eigenvalue weighted by molar-refractivity contribution is 7.90. The molecule has 0 aliphatic rings. The number of aromatic nitrogens is 2. The Bertz CT molecular complexity index is 1160. The lowest BCUT2D eigenvalue weighted by Crippen LogP contribution is -2.29. The lowest BCUT2D eigenvalue weighted by Gasteiger charge is -2.15. The monoisotopic (exact) mass is 447 g/mol. The molecule has 0 fully saturated rings. The SMILES string of the molecule is CC(C)Cc1nc2cc(NS(=O)(=O)N(C)C)cc(C(=O)NCCc3ccco3)c2n1C. The molecule has 2 aromatic heterocycles. The van der Waals surface area contributed by atoms with E-state index in [0.29, 0.717) is 35.5 Å². The number of nitrogens with zero attached hydrogens (tertiary/aromatic N) is 3. The number of furan rings is 1. The largest absolute Gasteiger partial charge is 0.469 e. The number of fused-ring (bicyclic) bond motifs is 1. The normalized spacial score (nSPS) is 12.1. The zero-order valence-electron chi connectivity index (χ0n) is 18.5. The van der Waals surface area contributed by atoms with Crippen LogP contribution in [0.25, 0.3) is 11.0 Å². The highest BCUT2D eigenvalue weighted by Gasteiger charge is 2.21. The number of aryl methyl sites for hydroxylation is 1. The average Bonchev–Trinajstić information content (AvgIpc) is 3.29. The highest BCUT2D eigenvalue weighted by atomic mass is 32.2. The number of hydrogen-bond acceptors (Lipinski definition) is 5. The van der Waals surface area contributed by atoms with Gasteiger partial charge in [-0.15, -0.1) is 0 Å². The maximum Gasteiger partial charge on any atom is 0.301 e. The van der Waals surface area contributed by atoms with Gasteiger partial charge in [0.25, 0.3) is 5.91 Å². The van der Waals surface area contributed by atoms with Gasteiger partial charge in [0.1, 0.15) is 11.6 Å². The van der Waals surface area contributed by atoms with Gasteiger partial charge in [-0.05, 0) is 30.2 Å². The van der Waals surface area contributed by atoms with Gasteiger partial charge in [0.2, 0.25) is 0 Å². The van der Waals surface area contributed by atoms with Gasteiger partial charge in [-0.3, -0.25) is 9.52 Å². The second-order valence-corrected chi connectivity index (χ2v) is 9.94. The van der Waals surface area contributed by atoms with Crippen molar-refractivity contribution in [3.8, 4) is 0 Å². The minimum atomic E-state index is -3.73. The maximum absolute atomic E-state index is 13.1. The van der Waals surface area contributed by atoms with Crippen LogP contribution in [0.4, 0.5) is 5.69 Å². The van der Waals surface area contributed by atoms with Crippen LogP contribution in [0.2, 0.25) is 0 Å². The maximum atomic E-state index is 13.1. The summed E-state index contributed by atoms with van der Waals surface area (Å²) >= 11 is 0. The molecular weight excluding hydrogens is 418 g/mol. The van der Waals surface area contributed by atoms with E-state index in [-0.39, 0.29) is 11.6 Å². The number of amides is 1. The fourth-order valence-corrected chi connectivity index (χ4v) is 3.87. The fraction of sp³-hybridized carbons (Fsp3) is 0.429. The molecule has 1 aromatic carbocycles. The molecule has 0 bridgehead atoms. The van der Waals surface area contributed by atoms with Crippen LogP contribution in [-0.2, 0) is 30.1 Å². The van der Waals surface area contributed by atoms with Gasteiger partial charge in [-0.1, -0.05) is 13.8 Å². The van der Waals surface area contributed by atoms with E-state index in [1.807, 2.05) is 17.7 Å². The molecule has 3 aromatic rings. The Hall–Kier alpha value is -2.85.